The van der Waals surface area contributed by atoms with Crippen LogP contribution in [0.3, 0.4) is 0 Å². The van der Waals surface area contributed by atoms with Crippen LogP contribution in [0.5, 0.6) is 11.6 Å². The molecule has 3 N–H and O–H groups in total. The normalized spacial score (nSPS) is 14.3. The Balaban J connectivity index is 0.000000178. The van der Waals surface area contributed by atoms with Gasteiger partial charge in [0.1, 0.15) is 54.3 Å². The van der Waals surface area contributed by atoms with Crippen LogP contribution in [0.25, 0.3) is 44.7 Å². The number of ether oxygens (including phenoxy) is 10. The first-order valence-corrected chi connectivity index (χ1v) is 52.9. The number of esters is 4. The number of anilines is 7. The number of unbranched alkanes of at least 4 members (excludes halogenated alkanes) is 2. The third-order valence-electron chi connectivity index (χ3n) is 24.2. The lowest BCUT2D eigenvalue weighted by atomic mass is 9.84. The van der Waals surface area contributed by atoms with Crippen molar-refractivity contribution in [1.29, 1.82) is 0 Å². The zero-order chi connectivity index (χ0) is 107. The number of benzene rings is 3. The van der Waals surface area contributed by atoms with Crippen LogP contribution < -0.4 is 40.3 Å². The zero-order valence-electron chi connectivity index (χ0n) is 89.8. The Labute approximate surface area is 879 Å². The molecule has 9 heterocycles. The number of rotatable bonds is 35. The molecule has 3 aliphatic carbocycles. The van der Waals surface area contributed by atoms with Crippen molar-refractivity contribution in [3.63, 3.8) is 0 Å². The minimum atomic E-state index is -0.758. The average molecular weight is 2120 g/mol. The molecule has 15 rings (SSSR count). The summed E-state index contributed by atoms with van der Waals surface area (Å²) >= 11 is 3.47. The van der Waals surface area contributed by atoms with Crippen molar-refractivity contribution >= 4 is 150 Å². The number of carbonyl (C=O) groups is 8. The van der Waals surface area contributed by atoms with Crippen molar-refractivity contribution in [2.45, 2.75) is 327 Å². The summed E-state index contributed by atoms with van der Waals surface area (Å²) in [4.78, 5) is 163. The van der Waals surface area contributed by atoms with E-state index in [1.165, 1.54) is 103 Å². The Morgan fingerprint density at radius 3 is 1.31 bits per heavy atom. The molecule has 4 fully saturated rings. The number of halogens is 1. The van der Waals surface area contributed by atoms with Gasteiger partial charge in [0.2, 0.25) is 23.8 Å². The molecule has 3 saturated carbocycles. The Morgan fingerprint density at radius 1 is 0.456 bits per heavy atom. The summed E-state index contributed by atoms with van der Waals surface area (Å²) in [5, 5.41) is 9.45. The second-order valence-electron chi connectivity index (χ2n) is 41.5. The van der Waals surface area contributed by atoms with E-state index in [0.29, 0.717) is 132 Å². The van der Waals surface area contributed by atoms with Crippen LogP contribution in [0.2, 0.25) is 0 Å². The van der Waals surface area contributed by atoms with Crippen molar-refractivity contribution in [3.8, 4) is 11.6 Å². The molecule has 1 saturated heterocycles. The first-order chi connectivity index (χ1) is 71.1. The number of hydrogen-bond donors (Lipinski definition) is 3. The SMILES string of the molecule is CCCCCN(C(=O)OC(C)(C)C)c1nc(NC2CCCC2)c2ncn(CC(=O)OCC)c2n1.CCOC(=O)Cn1cnc2c(N3CCOCC3)nc(NC(=O)OC(C)(C)C)nc21.CCOC(=O)Cn1cnc2c(NCCC(C)C)nc(N(Cc3ccc(C4CCCCC4)cc3)C(=O)OC(C)(C)C)nc21.CCOC(=O)Cn1cnc2c(Oc3cccc(Br)c3)nc(N(Cc3ccc(C4CCCCC4)cc3)C(=O)OC(C)(C)C)nc21. The third-order valence-corrected chi connectivity index (χ3v) is 24.7. The first-order valence-electron chi connectivity index (χ1n) is 52.1. The van der Waals surface area contributed by atoms with Crippen LogP contribution in [0.15, 0.2) is 103 Å². The van der Waals surface area contributed by atoms with Crippen molar-refractivity contribution in [3.05, 3.63) is 125 Å². The fourth-order valence-corrected chi connectivity index (χ4v) is 17.6. The summed E-state index contributed by atoms with van der Waals surface area (Å²) in [6.07, 6.45) is 24.5. The van der Waals surface area contributed by atoms with Gasteiger partial charge in [-0.25, -0.2) is 53.8 Å². The average Bonchev–Trinajstić information content (AvgIpc) is 1.64. The van der Waals surface area contributed by atoms with E-state index in [-0.39, 0.29) is 101 Å². The van der Waals surface area contributed by atoms with Gasteiger partial charge in [-0.05, 0) is 220 Å². The molecule has 0 radical (unpaired) electrons. The van der Waals surface area contributed by atoms with E-state index >= 15 is 0 Å². The van der Waals surface area contributed by atoms with E-state index in [4.69, 9.17) is 67.3 Å². The van der Waals surface area contributed by atoms with Crippen molar-refractivity contribution in [2.75, 3.05) is 101 Å². The molecule has 41 nitrogen and oxygen atoms in total. The molecule has 0 spiro atoms. The highest BCUT2D eigenvalue weighted by Gasteiger charge is 2.35. The summed E-state index contributed by atoms with van der Waals surface area (Å²) in [5.41, 5.74) is 5.32. The fourth-order valence-electron chi connectivity index (χ4n) is 17.2. The second kappa shape index (κ2) is 53.6. The summed E-state index contributed by atoms with van der Waals surface area (Å²) in [6.45, 7) is 39.9. The highest BCUT2D eigenvalue weighted by molar-refractivity contribution is 9.10. The maximum absolute atomic E-state index is 13.7. The quantitative estimate of drug-likeness (QED) is 0.0189. The molecule has 8 aromatic heterocycles. The van der Waals surface area contributed by atoms with Crippen LogP contribution in [0.4, 0.5) is 60.4 Å². The number of fused-ring (bicyclic) bond motifs is 4. The number of nitrogens with zero attached hydrogens (tertiary/aromatic N) is 20. The van der Waals surface area contributed by atoms with Gasteiger partial charge < -0.3 is 81.2 Å². The van der Waals surface area contributed by atoms with Gasteiger partial charge in [-0.15, -0.1) is 0 Å². The summed E-state index contributed by atoms with van der Waals surface area (Å²) < 4.78 is 61.8. The van der Waals surface area contributed by atoms with Gasteiger partial charge in [-0.2, -0.15) is 39.9 Å². The van der Waals surface area contributed by atoms with Crippen LogP contribution in [0.1, 0.15) is 281 Å². The Kier molecular flexibility index (Phi) is 41.0. The zero-order valence-corrected chi connectivity index (χ0v) is 91.3. The third kappa shape index (κ3) is 34.2. The van der Waals surface area contributed by atoms with Gasteiger partial charge in [0.05, 0.1) is 78.0 Å². The molecular weight excluding hydrogens is 1980 g/mol. The maximum Gasteiger partial charge on any atom is 0.417 e. The van der Waals surface area contributed by atoms with Gasteiger partial charge in [-0.3, -0.25) is 24.5 Å². The predicted molar refractivity (Wildman–Crippen MR) is 571 cm³/mol. The number of carbonyl (C=O) groups excluding carboxylic acids is 8. The lowest BCUT2D eigenvalue weighted by Gasteiger charge is -2.28. The highest BCUT2D eigenvalue weighted by Crippen LogP contribution is 2.39. The molecule has 42 heteroatoms. The first kappa shape index (κ1) is 114. The van der Waals surface area contributed by atoms with Crippen LogP contribution in [-0.2, 0) is 101 Å². The minimum absolute atomic E-state index is 0.0219. The highest BCUT2D eigenvalue weighted by atomic mass is 79.9. The fraction of sp³-hybridized carbons (Fsp3) is 0.570. The molecule has 149 heavy (non-hydrogen) atoms. The van der Waals surface area contributed by atoms with Gasteiger partial charge in [0.15, 0.2) is 62.1 Å². The van der Waals surface area contributed by atoms with E-state index in [1.807, 2.05) is 91.5 Å². The van der Waals surface area contributed by atoms with Gasteiger partial charge in [-0.1, -0.05) is 156 Å². The number of morpholine rings is 1. The summed E-state index contributed by atoms with van der Waals surface area (Å²) in [7, 11) is 0. The molecule has 3 aromatic carbocycles. The van der Waals surface area contributed by atoms with Gasteiger partial charge in [0.25, 0.3) is 5.88 Å². The lowest BCUT2D eigenvalue weighted by molar-refractivity contribution is -0.144. The smallest absolute Gasteiger partial charge is 0.417 e. The number of imidazole rings is 4. The Hall–Kier alpha value is -13.5. The Morgan fingerprint density at radius 2 is 0.866 bits per heavy atom. The molecule has 4 amide bonds. The van der Waals surface area contributed by atoms with E-state index in [9.17, 15) is 38.4 Å². The molecule has 0 unspecified atom stereocenters. The van der Waals surface area contributed by atoms with Crippen molar-refractivity contribution in [2.24, 2.45) is 5.92 Å². The van der Waals surface area contributed by atoms with E-state index in [1.54, 1.807) is 91.5 Å². The van der Waals surface area contributed by atoms with Gasteiger partial charge >= 0.3 is 48.3 Å². The number of aromatic nitrogens is 16. The molecule has 11 aromatic rings. The van der Waals surface area contributed by atoms with E-state index < -0.39 is 64.7 Å². The molecule has 4 aliphatic rings. The summed E-state index contributed by atoms with van der Waals surface area (Å²) in [5.74, 6) is 2.85. The predicted octanol–water partition coefficient (Wildman–Crippen LogP) is 21.0. The van der Waals surface area contributed by atoms with Crippen LogP contribution >= 0.6 is 15.9 Å². The van der Waals surface area contributed by atoms with Crippen LogP contribution in [0, 0.1) is 5.92 Å². The topological polar surface area (TPSA) is 452 Å². The maximum atomic E-state index is 13.7. The van der Waals surface area contributed by atoms with Crippen molar-refractivity contribution < 1.29 is 85.7 Å². The standard InChI is InChI=1S/C33H38BrN5O5.C32H46N6O4.C24H38N6O4.C18H26N6O5/c1-5-42-27(40)20-38-21-35-28-29(38)36-31(37-30(28)43-26-13-9-12-25(34)18-26)39(32(41)44-33(2,3)4)19-22-14-16-24(17-15-22)23-10-7-6-8-11-23;1-7-41-26(39)20-37-21-34-27-28(33-18-17-22(2)3)35-30(36-29(27)37)38(31(40)42-32(4,5)6)19-23-13-15-25(16-14-23)24-11-9-8-10-12-24;1-6-8-11-14-30(23(32)34-24(3,4)5)22-27-20(26-17-12-9-10-13-17)19-21(28-22)29(16-25-19)15-18(31)33-7-2;1-5-28-12(25)10-24-11-19-13-14(23-6-8-27-9-7-23)20-16(21-15(13)24)22-17(26)29-18(2,3)4/h9,12-18,21,23H,5-8,10-11,19-20H2,1-4H3;13-16,21-22,24H,7-12,17-20H2,1-6H3,(H,33,35,36);16-17H,6-15H2,1-5H3,(H,26,27,28);11H,5-10H2,1-4H3,(H,20,21,22,26). The molecule has 1 aliphatic heterocycles. The van der Waals surface area contributed by atoms with E-state index in [0.717, 1.165) is 67.0 Å². The molecule has 0 bridgehead atoms. The largest absolute Gasteiger partial charge is 0.465 e. The van der Waals surface area contributed by atoms with Crippen LogP contribution in [-0.4, -0.2) is 221 Å². The van der Waals surface area contributed by atoms with Crippen molar-refractivity contribution in [1.82, 2.24) is 78.1 Å². The number of hydrogen-bond acceptors (Lipinski definition) is 33. The van der Waals surface area contributed by atoms with Gasteiger partial charge in [0, 0.05) is 36.7 Å². The number of nitrogens with one attached hydrogen (secondary N) is 3. The Bertz CT molecular complexity index is 6300. The van der Waals surface area contributed by atoms with E-state index in [2.05, 4.69) is 129 Å². The summed E-state index contributed by atoms with van der Waals surface area (Å²) in [6, 6.07) is 24.5. The molecule has 0 atom stereocenters. The molecule has 806 valence electrons. The minimum Gasteiger partial charge on any atom is -0.465 e. The lowest BCUT2D eigenvalue weighted by Crippen LogP contribution is -2.38. The second-order valence-corrected chi connectivity index (χ2v) is 42.4. The number of amides is 4. The molecular formula is C107H148BrN23O18. The monoisotopic (exact) mass is 2120 g/mol.